The van der Waals surface area contributed by atoms with Crippen molar-refractivity contribution in [2.45, 2.75) is 45.6 Å². The Balaban J connectivity index is 3.09. The zero-order valence-electron chi connectivity index (χ0n) is 11.6. The Morgan fingerprint density at radius 3 is 2.22 bits per heavy atom. The standard InChI is InChI=1S/C15H24N2O/c1-4-12-7-9-13(10-8-12)15(5-2,17-6-3)11-14(16)18/h7-10,17H,4-6,11H2,1-3H3,(H2,16,18). The first kappa shape index (κ1) is 14.7. The molecule has 0 radical (unpaired) electrons. The van der Waals surface area contributed by atoms with Gasteiger partial charge in [0.05, 0.1) is 5.54 Å². The molecule has 0 aliphatic carbocycles. The molecule has 18 heavy (non-hydrogen) atoms. The van der Waals surface area contributed by atoms with Crippen molar-refractivity contribution in [2.75, 3.05) is 6.54 Å². The summed E-state index contributed by atoms with van der Waals surface area (Å²) < 4.78 is 0. The van der Waals surface area contributed by atoms with Crippen molar-refractivity contribution in [3.63, 3.8) is 0 Å². The molecule has 1 atom stereocenters. The van der Waals surface area contributed by atoms with Crippen molar-refractivity contribution >= 4 is 5.91 Å². The van der Waals surface area contributed by atoms with E-state index in [0.29, 0.717) is 6.42 Å². The summed E-state index contributed by atoms with van der Waals surface area (Å²) in [6, 6.07) is 8.46. The second-order valence-electron chi connectivity index (χ2n) is 4.66. The fourth-order valence-electron chi connectivity index (χ4n) is 2.42. The van der Waals surface area contributed by atoms with Gasteiger partial charge in [-0.25, -0.2) is 0 Å². The van der Waals surface area contributed by atoms with E-state index in [4.69, 9.17) is 5.73 Å². The number of carbonyl (C=O) groups is 1. The van der Waals surface area contributed by atoms with Gasteiger partial charge < -0.3 is 11.1 Å². The molecule has 0 spiro atoms. The molecule has 1 aromatic carbocycles. The van der Waals surface area contributed by atoms with Gasteiger partial charge in [0.15, 0.2) is 0 Å². The molecule has 0 saturated carbocycles. The first-order valence-electron chi connectivity index (χ1n) is 6.70. The van der Waals surface area contributed by atoms with E-state index < -0.39 is 0 Å². The summed E-state index contributed by atoms with van der Waals surface area (Å²) >= 11 is 0. The summed E-state index contributed by atoms with van der Waals surface area (Å²) in [5.74, 6) is -0.266. The first-order chi connectivity index (χ1) is 8.57. The van der Waals surface area contributed by atoms with Gasteiger partial charge in [0, 0.05) is 6.42 Å². The van der Waals surface area contributed by atoms with E-state index in [1.807, 2.05) is 6.92 Å². The summed E-state index contributed by atoms with van der Waals surface area (Å²) in [6.45, 7) is 7.08. The SMILES string of the molecule is CCNC(CC)(CC(N)=O)c1ccc(CC)cc1. The van der Waals surface area contributed by atoms with Crippen LogP contribution in [0, 0.1) is 0 Å². The summed E-state index contributed by atoms with van der Waals surface area (Å²) in [6.07, 6.45) is 2.20. The molecule has 0 aromatic heterocycles. The van der Waals surface area contributed by atoms with Gasteiger partial charge >= 0.3 is 0 Å². The van der Waals surface area contributed by atoms with Crippen LogP contribution in [0.15, 0.2) is 24.3 Å². The van der Waals surface area contributed by atoms with E-state index in [0.717, 1.165) is 24.9 Å². The summed E-state index contributed by atoms with van der Waals surface area (Å²) in [5, 5.41) is 3.43. The lowest BCUT2D eigenvalue weighted by molar-refractivity contribution is -0.119. The minimum Gasteiger partial charge on any atom is -0.370 e. The predicted molar refractivity (Wildman–Crippen MR) is 75.3 cm³/mol. The van der Waals surface area contributed by atoms with E-state index in [1.54, 1.807) is 0 Å². The molecule has 0 saturated heterocycles. The molecule has 1 unspecified atom stereocenters. The Bertz CT molecular complexity index is 386. The van der Waals surface area contributed by atoms with Crippen molar-refractivity contribution in [1.29, 1.82) is 0 Å². The van der Waals surface area contributed by atoms with Crippen LogP contribution in [-0.2, 0) is 16.8 Å². The quantitative estimate of drug-likeness (QED) is 0.778. The number of nitrogens with two attached hydrogens (primary N) is 1. The molecule has 1 aromatic rings. The lowest BCUT2D eigenvalue weighted by Crippen LogP contribution is -2.44. The smallest absolute Gasteiger partial charge is 0.219 e. The number of hydrogen-bond donors (Lipinski definition) is 2. The minimum absolute atomic E-state index is 0.266. The second kappa shape index (κ2) is 6.55. The molecule has 0 heterocycles. The van der Waals surface area contributed by atoms with Crippen LogP contribution in [0.5, 0.6) is 0 Å². The molecular weight excluding hydrogens is 224 g/mol. The molecule has 3 nitrogen and oxygen atoms in total. The molecule has 0 bridgehead atoms. The van der Waals surface area contributed by atoms with Crippen LogP contribution in [0.1, 0.15) is 44.7 Å². The van der Waals surface area contributed by atoms with Gasteiger partial charge in [0.1, 0.15) is 0 Å². The minimum atomic E-state index is -0.327. The number of nitrogens with one attached hydrogen (secondary N) is 1. The molecule has 0 fully saturated rings. The molecule has 0 aliphatic heterocycles. The summed E-state index contributed by atoms with van der Waals surface area (Å²) in [5.41, 5.74) is 7.52. The Morgan fingerprint density at radius 1 is 1.22 bits per heavy atom. The fraction of sp³-hybridized carbons (Fsp3) is 0.533. The summed E-state index contributed by atoms with van der Waals surface area (Å²) in [4.78, 5) is 11.3. The number of amides is 1. The van der Waals surface area contributed by atoms with Crippen LogP contribution in [0.3, 0.4) is 0 Å². The predicted octanol–water partition coefficient (Wildman–Crippen LogP) is 2.34. The maximum Gasteiger partial charge on any atom is 0.219 e. The number of carbonyl (C=O) groups excluding carboxylic acids is 1. The van der Waals surface area contributed by atoms with Crippen LogP contribution in [0.25, 0.3) is 0 Å². The lowest BCUT2D eigenvalue weighted by atomic mass is 9.83. The maximum absolute atomic E-state index is 11.3. The Kier molecular flexibility index (Phi) is 5.35. The van der Waals surface area contributed by atoms with Gasteiger partial charge in [-0.05, 0) is 30.5 Å². The van der Waals surface area contributed by atoms with Gasteiger partial charge in [0.25, 0.3) is 0 Å². The Labute approximate surface area is 110 Å². The lowest BCUT2D eigenvalue weighted by Gasteiger charge is -2.33. The average Bonchev–Trinajstić information content (AvgIpc) is 2.37. The van der Waals surface area contributed by atoms with Crippen LogP contribution < -0.4 is 11.1 Å². The molecule has 1 rings (SSSR count). The molecule has 3 N–H and O–H groups in total. The highest BCUT2D eigenvalue weighted by Crippen LogP contribution is 2.29. The summed E-state index contributed by atoms with van der Waals surface area (Å²) in [7, 11) is 0. The highest BCUT2D eigenvalue weighted by molar-refractivity contribution is 5.75. The van der Waals surface area contributed by atoms with Gasteiger partial charge in [-0.2, -0.15) is 0 Å². The molecule has 100 valence electrons. The van der Waals surface area contributed by atoms with Crippen molar-refractivity contribution in [1.82, 2.24) is 5.32 Å². The first-order valence-corrected chi connectivity index (χ1v) is 6.70. The molecule has 0 aliphatic rings. The monoisotopic (exact) mass is 248 g/mol. The highest BCUT2D eigenvalue weighted by Gasteiger charge is 2.31. The van der Waals surface area contributed by atoms with E-state index in [-0.39, 0.29) is 11.4 Å². The van der Waals surface area contributed by atoms with Gasteiger partial charge in [-0.3, -0.25) is 4.79 Å². The topological polar surface area (TPSA) is 55.1 Å². The number of primary amides is 1. The van der Waals surface area contributed by atoms with Crippen LogP contribution in [0.2, 0.25) is 0 Å². The number of benzene rings is 1. The third-order valence-corrected chi connectivity index (χ3v) is 3.51. The van der Waals surface area contributed by atoms with Crippen molar-refractivity contribution in [3.8, 4) is 0 Å². The van der Waals surface area contributed by atoms with Gasteiger partial charge in [0.2, 0.25) is 5.91 Å². The van der Waals surface area contributed by atoms with E-state index in [2.05, 4.69) is 43.4 Å². The van der Waals surface area contributed by atoms with Crippen LogP contribution >= 0.6 is 0 Å². The van der Waals surface area contributed by atoms with Crippen molar-refractivity contribution in [3.05, 3.63) is 35.4 Å². The zero-order valence-corrected chi connectivity index (χ0v) is 11.6. The molecule has 1 amide bonds. The normalized spacial score (nSPS) is 14.2. The maximum atomic E-state index is 11.3. The third-order valence-electron chi connectivity index (χ3n) is 3.51. The van der Waals surface area contributed by atoms with Crippen molar-refractivity contribution < 1.29 is 4.79 Å². The average molecular weight is 248 g/mol. The Morgan fingerprint density at radius 2 is 1.83 bits per heavy atom. The van der Waals surface area contributed by atoms with Crippen LogP contribution in [0.4, 0.5) is 0 Å². The van der Waals surface area contributed by atoms with E-state index in [9.17, 15) is 4.79 Å². The molecular formula is C15H24N2O. The largest absolute Gasteiger partial charge is 0.370 e. The van der Waals surface area contributed by atoms with E-state index in [1.165, 1.54) is 5.56 Å². The third kappa shape index (κ3) is 3.33. The number of aryl methyl sites for hydroxylation is 1. The number of hydrogen-bond acceptors (Lipinski definition) is 2. The Hall–Kier alpha value is -1.35. The zero-order chi connectivity index (χ0) is 13.6. The van der Waals surface area contributed by atoms with Crippen LogP contribution in [-0.4, -0.2) is 12.5 Å². The highest BCUT2D eigenvalue weighted by atomic mass is 16.1. The fourth-order valence-corrected chi connectivity index (χ4v) is 2.42. The van der Waals surface area contributed by atoms with Gasteiger partial charge in [-0.1, -0.05) is 45.0 Å². The second-order valence-corrected chi connectivity index (χ2v) is 4.66. The number of rotatable bonds is 7. The molecule has 3 heteroatoms. The van der Waals surface area contributed by atoms with E-state index >= 15 is 0 Å². The van der Waals surface area contributed by atoms with Crippen molar-refractivity contribution in [2.24, 2.45) is 5.73 Å². The van der Waals surface area contributed by atoms with Gasteiger partial charge in [-0.15, -0.1) is 0 Å².